The van der Waals surface area contributed by atoms with Gasteiger partial charge in [0.1, 0.15) is 6.10 Å². The number of azide groups is 1. The zero-order valence-corrected chi connectivity index (χ0v) is 14.3. The minimum absolute atomic E-state index is 0.166. The molecular weight excluding hydrogens is 378 g/mol. The van der Waals surface area contributed by atoms with E-state index in [0.29, 0.717) is 0 Å². The monoisotopic (exact) mass is 393 g/mol. The summed E-state index contributed by atoms with van der Waals surface area (Å²) < 4.78 is 20.9. The van der Waals surface area contributed by atoms with Crippen molar-refractivity contribution in [3.8, 4) is 0 Å². The lowest BCUT2D eigenvalue weighted by Gasteiger charge is -2.42. The number of hydrogen-bond acceptors (Lipinski definition) is 8. The number of carbonyl (C=O) groups is 3. The molecule has 0 amide bonds. The van der Waals surface area contributed by atoms with Crippen LogP contribution in [0.3, 0.4) is 0 Å². The predicted octanol–water partition coefficient (Wildman–Crippen LogP) is 1.21. The number of nitrogens with zero attached hydrogens (tertiary/aromatic N) is 3. The summed E-state index contributed by atoms with van der Waals surface area (Å²) in [7, 11) is 0. The normalized spacial score (nSPS) is 29.8. The van der Waals surface area contributed by atoms with Crippen LogP contribution < -0.4 is 0 Å². The lowest BCUT2D eigenvalue weighted by Crippen LogP contribution is -2.60. The second-order valence-corrected chi connectivity index (χ2v) is 5.56. The van der Waals surface area contributed by atoms with Gasteiger partial charge in [0.25, 0.3) is 0 Å². The van der Waals surface area contributed by atoms with Crippen LogP contribution in [0.2, 0.25) is 0 Å². The lowest BCUT2D eigenvalue weighted by molar-refractivity contribution is -0.229. The Morgan fingerprint density at radius 3 is 2.00 bits per heavy atom. The molecule has 0 spiro atoms. The number of rotatable bonds is 5. The Hall–Kier alpha value is -1.84. The Kier molecular flexibility index (Phi) is 7.27. The molecule has 1 heterocycles. The van der Waals surface area contributed by atoms with Crippen LogP contribution in [0, 0.1) is 0 Å². The highest BCUT2D eigenvalue weighted by atomic mass is 79.9. The van der Waals surface area contributed by atoms with Crippen LogP contribution in [0.1, 0.15) is 20.8 Å². The largest absolute Gasteiger partial charge is 0.456 e. The number of hydrogen-bond donors (Lipinski definition) is 0. The van der Waals surface area contributed by atoms with Gasteiger partial charge in [0, 0.05) is 25.7 Å². The van der Waals surface area contributed by atoms with E-state index in [4.69, 9.17) is 24.5 Å². The third kappa shape index (κ3) is 5.70. The SMILES string of the molecule is CC(=O)O[C@@H]1[C@@H](OC(C)=O)[C@@H](Br)O[C@H](CN=[N+]=[N-])[C@@H]1OC(C)=O. The molecule has 10 nitrogen and oxygen atoms in total. The van der Waals surface area contributed by atoms with E-state index in [1.54, 1.807) is 0 Å². The van der Waals surface area contributed by atoms with Crippen LogP contribution in [0.4, 0.5) is 0 Å². The summed E-state index contributed by atoms with van der Waals surface area (Å²) in [5.41, 5.74) is 8.44. The quantitative estimate of drug-likeness (QED) is 0.171. The van der Waals surface area contributed by atoms with E-state index in [1.165, 1.54) is 6.92 Å². The van der Waals surface area contributed by atoms with Gasteiger partial charge in [-0.05, 0) is 5.53 Å². The number of halogens is 1. The second kappa shape index (κ2) is 8.70. The number of esters is 3. The summed E-state index contributed by atoms with van der Waals surface area (Å²) in [6.45, 7) is 3.34. The van der Waals surface area contributed by atoms with Crippen LogP contribution in [0.15, 0.2) is 5.11 Å². The van der Waals surface area contributed by atoms with E-state index in [1.807, 2.05) is 0 Å². The molecule has 1 aliphatic rings. The standard InChI is InChI=1S/C12H16BrN3O7/c1-5(17)20-9-8(4-15-16-14)23-12(13)11(22-7(3)19)10(9)21-6(2)18/h8-12H,4H2,1-3H3/t8-,9+,10+,11-,12+/m1/s1. The van der Waals surface area contributed by atoms with Crippen molar-refractivity contribution in [1.82, 2.24) is 0 Å². The molecule has 1 aliphatic heterocycles. The van der Waals surface area contributed by atoms with Crippen molar-refractivity contribution >= 4 is 33.8 Å². The molecule has 1 rings (SSSR count). The summed E-state index contributed by atoms with van der Waals surface area (Å²) in [5.74, 6) is -1.94. The molecule has 11 heteroatoms. The highest BCUT2D eigenvalue weighted by molar-refractivity contribution is 9.09. The number of ether oxygens (including phenoxy) is 4. The fraction of sp³-hybridized carbons (Fsp3) is 0.750. The van der Waals surface area contributed by atoms with Crippen molar-refractivity contribution in [2.75, 3.05) is 6.54 Å². The van der Waals surface area contributed by atoms with E-state index in [0.717, 1.165) is 13.8 Å². The summed E-state index contributed by atoms with van der Waals surface area (Å²) in [4.78, 5) is 36.6. The first-order valence-corrected chi connectivity index (χ1v) is 7.49. The van der Waals surface area contributed by atoms with Gasteiger partial charge < -0.3 is 18.9 Å². The first-order valence-electron chi connectivity index (χ1n) is 6.58. The second-order valence-electron chi connectivity index (χ2n) is 4.66. The van der Waals surface area contributed by atoms with Gasteiger partial charge in [0.15, 0.2) is 23.3 Å². The minimum Gasteiger partial charge on any atom is -0.456 e. The van der Waals surface area contributed by atoms with E-state index in [9.17, 15) is 14.4 Å². The molecule has 0 radical (unpaired) electrons. The van der Waals surface area contributed by atoms with Crippen molar-refractivity contribution in [3.63, 3.8) is 0 Å². The van der Waals surface area contributed by atoms with Gasteiger partial charge in [-0.3, -0.25) is 14.4 Å². The smallest absolute Gasteiger partial charge is 0.303 e. The van der Waals surface area contributed by atoms with Gasteiger partial charge in [-0.1, -0.05) is 21.0 Å². The van der Waals surface area contributed by atoms with E-state index < -0.39 is 47.3 Å². The Morgan fingerprint density at radius 2 is 1.52 bits per heavy atom. The minimum atomic E-state index is -1.11. The predicted molar refractivity (Wildman–Crippen MR) is 78.3 cm³/mol. The average molecular weight is 394 g/mol. The topological polar surface area (TPSA) is 137 Å². The molecule has 0 aliphatic carbocycles. The molecule has 128 valence electrons. The third-order valence-electron chi connectivity index (χ3n) is 2.81. The molecule has 23 heavy (non-hydrogen) atoms. The Morgan fingerprint density at radius 1 is 1.04 bits per heavy atom. The lowest BCUT2D eigenvalue weighted by atomic mass is 9.99. The maximum atomic E-state index is 11.4. The molecule has 0 saturated carbocycles. The van der Waals surface area contributed by atoms with Crippen LogP contribution in [0.25, 0.3) is 10.4 Å². The van der Waals surface area contributed by atoms with Crippen LogP contribution in [-0.4, -0.2) is 53.9 Å². The average Bonchev–Trinajstić information content (AvgIpc) is 2.42. The van der Waals surface area contributed by atoms with Gasteiger partial charge in [0.2, 0.25) is 0 Å². The molecule has 0 unspecified atom stereocenters. The van der Waals surface area contributed by atoms with Crippen molar-refractivity contribution in [2.45, 2.75) is 50.2 Å². The Balaban J connectivity index is 3.15. The summed E-state index contributed by atoms with van der Waals surface area (Å²) >= 11 is 3.17. The van der Waals surface area contributed by atoms with E-state index in [2.05, 4.69) is 26.0 Å². The molecular formula is C12H16BrN3O7. The van der Waals surface area contributed by atoms with Crippen LogP contribution in [0.5, 0.6) is 0 Å². The molecule has 1 fully saturated rings. The van der Waals surface area contributed by atoms with Gasteiger partial charge in [-0.25, -0.2) is 0 Å². The zero-order valence-electron chi connectivity index (χ0n) is 12.7. The van der Waals surface area contributed by atoms with Crippen molar-refractivity contribution in [2.24, 2.45) is 5.11 Å². The fourth-order valence-corrected chi connectivity index (χ4v) is 2.79. The molecule has 0 aromatic rings. The van der Waals surface area contributed by atoms with E-state index >= 15 is 0 Å². The maximum Gasteiger partial charge on any atom is 0.303 e. The maximum absolute atomic E-state index is 11.4. The third-order valence-corrected chi connectivity index (χ3v) is 3.54. The molecule has 0 bridgehead atoms. The number of carbonyl (C=O) groups excluding carboxylic acids is 3. The van der Waals surface area contributed by atoms with E-state index in [-0.39, 0.29) is 6.54 Å². The Labute approximate surface area is 140 Å². The highest BCUT2D eigenvalue weighted by Gasteiger charge is 2.50. The van der Waals surface area contributed by atoms with Gasteiger partial charge in [0.05, 0.1) is 6.54 Å². The molecule has 0 aromatic carbocycles. The zero-order chi connectivity index (χ0) is 17.6. The molecule has 1 saturated heterocycles. The Bertz CT molecular complexity index is 523. The molecule has 0 aromatic heterocycles. The van der Waals surface area contributed by atoms with Crippen LogP contribution >= 0.6 is 15.9 Å². The first-order chi connectivity index (χ1) is 10.8. The number of alkyl halides is 1. The molecule has 5 atom stereocenters. The van der Waals surface area contributed by atoms with Crippen LogP contribution in [-0.2, 0) is 33.3 Å². The van der Waals surface area contributed by atoms with Gasteiger partial charge >= 0.3 is 17.9 Å². The summed E-state index contributed by atoms with van der Waals surface area (Å²) in [6.07, 6.45) is -4.13. The van der Waals surface area contributed by atoms with Crippen molar-refractivity contribution in [3.05, 3.63) is 10.4 Å². The van der Waals surface area contributed by atoms with Gasteiger partial charge in [-0.15, -0.1) is 0 Å². The first kappa shape index (κ1) is 19.2. The summed E-state index contributed by atoms with van der Waals surface area (Å²) in [5, 5.41) is 2.54. The molecule has 0 N–H and O–H groups in total. The summed E-state index contributed by atoms with van der Waals surface area (Å²) in [6, 6.07) is 0. The van der Waals surface area contributed by atoms with Gasteiger partial charge in [-0.2, -0.15) is 0 Å². The van der Waals surface area contributed by atoms with Crippen molar-refractivity contribution < 1.29 is 33.3 Å². The van der Waals surface area contributed by atoms with Crippen molar-refractivity contribution in [1.29, 1.82) is 0 Å². The highest BCUT2D eigenvalue weighted by Crippen LogP contribution is 2.31. The fourth-order valence-electron chi connectivity index (χ4n) is 2.11.